The van der Waals surface area contributed by atoms with Gasteiger partial charge in [-0.05, 0) is 48.0 Å². The highest BCUT2D eigenvalue weighted by atomic mass is 19.1. The molecule has 0 saturated carbocycles. The van der Waals surface area contributed by atoms with Crippen LogP contribution in [-0.4, -0.2) is 5.91 Å². The molecule has 0 spiro atoms. The van der Waals surface area contributed by atoms with E-state index in [1.54, 1.807) is 18.2 Å². The van der Waals surface area contributed by atoms with Gasteiger partial charge in [-0.25, -0.2) is 8.78 Å². The summed E-state index contributed by atoms with van der Waals surface area (Å²) in [6.07, 6.45) is 1.39. The Labute approximate surface area is 160 Å². The van der Waals surface area contributed by atoms with E-state index < -0.39 is 17.5 Å². The van der Waals surface area contributed by atoms with Crippen molar-refractivity contribution in [3.05, 3.63) is 95.6 Å². The van der Waals surface area contributed by atoms with Crippen molar-refractivity contribution in [2.75, 3.05) is 10.6 Å². The lowest BCUT2D eigenvalue weighted by Crippen LogP contribution is -2.14. The van der Waals surface area contributed by atoms with Gasteiger partial charge in [0, 0.05) is 17.4 Å². The first-order valence-electron chi connectivity index (χ1n) is 8.35. The van der Waals surface area contributed by atoms with Crippen LogP contribution in [0.25, 0.3) is 6.08 Å². The molecule has 6 heteroatoms. The Bertz CT molecular complexity index is 1060. The molecule has 4 nitrogen and oxygen atoms in total. The van der Waals surface area contributed by atoms with E-state index in [-0.39, 0.29) is 11.3 Å². The Morgan fingerprint density at radius 3 is 2.25 bits per heavy atom. The van der Waals surface area contributed by atoms with E-state index in [4.69, 9.17) is 0 Å². The molecule has 0 aliphatic rings. The molecule has 1 amide bonds. The SMILES string of the molecule is N#C/C(=C\c1ccc(Nc2ccccc2)cc1)C(=O)Nc1ccc(F)cc1F. The molecule has 0 heterocycles. The van der Waals surface area contributed by atoms with Crippen molar-refractivity contribution in [3.63, 3.8) is 0 Å². The van der Waals surface area contributed by atoms with Gasteiger partial charge in [-0.2, -0.15) is 5.26 Å². The Kier molecular flexibility index (Phi) is 5.78. The Balaban J connectivity index is 1.73. The van der Waals surface area contributed by atoms with E-state index in [0.29, 0.717) is 11.6 Å². The van der Waals surface area contributed by atoms with Crippen LogP contribution in [0.15, 0.2) is 78.4 Å². The van der Waals surface area contributed by atoms with E-state index >= 15 is 0 Å². The maximum Gasteiger partial charge on any atom is 0.266 e. The Morgan fingerprint density at radius 2 is 1.61 bits per heavy atom. The summed E-state index contributed by atoms with van der Waals surface area (Å²) in [5.74, 6) is -2.45. The first kappa shape index (κ1) is 18.8. The van der Waals surface area contributed by atoms with Crippen LogP contribution in [-0.2, 0) is 4.79 Å². The lowest BCUT2D eigenvalue weighted by molar-refractivity contribution is -0.112. The molecule has 0 fully saturated rings. The molecule has 0 atom stereocenters. The van der Waals surface area contributed by atoms with Gasteiger partial charge >= 0.3 is 0 Å². The van der Waals surface area contributed by atoms with Crippen LogP contribution in [0.1, 0.15) is 5.56 Å². The third kappa shape index (κ3) is 4.80. The molecule has 0 aliphatic heterocycles. The van der Waals surface area contributed by atoms with E-state index in [1.807, 2.05) is 42.5 Å². The van der Waals surface area contributed by atoms with Crippen LogP contribution in [0.5, 0.6) is 0 Å². The Morgan fingerprint density at radius 1 is 0.929 bits per heavy atom. The summed E-state index contributed by atoms with van der Waals surface area (Å²) >= 11 is 0. The quantitative estimate of drug-likeness (QED) is 0.473. The van der Waals surface area contributed by atoms with Crippen LogP contribution in [0.4, 0.5) is 25.8 Å². The van der Waals surface area contributed by atoms with Crippen LogP contribution in [0.3, 0.4) is 0 Å². The van der Waals surface area contributed by atoms with Gasteiger partial charge in [0.25, 0.3) is 5.91 Å². The van der Waals surface area contributed by atoms with Crippen LogP contribution in [0.2, 0.25) is 0 Å². The minimum absolute atomic E-state index is 0.199. The van der Waals surface area contributed by atoms with E-state index in [0.717, 1.165) is 23.5 Å². The summed E-state index contributed by atoms with van der Waals surface area (Å²) in [6, 6.07) is 21.3. The number of amides is 1. The number of carbonyl (C=O) groups excluding carboxylic acids is 1. The highest BCUT2D eigenvalue weighted by Gasteiger charge is 2.12. The van der Waals surface area contributed by atoms with E-state index in [1.165, 1.54) is 6.08 Å². The number of rotatable bonds is 5. The lowest BCUT2D eigenvalue weighted by atomic mass is 10.1. The summed E-state index contributed by atoms with van der Waals surface area (Å²) < 4.78 is 26.6. The van der Waals surface area contributed by atoms with Crippen LogP contribution < -0.4 is 10.6 Å². The fraction of sp³-hybridized carbons (Fsp3) is 0. The zero-order valence-electron chi connectivity index (χ0n) is 14.6. The smallest absolute Gasteiger partial charge is 0.266 e. The predicted octanol–water partition coefficient (Wildman–Crippen LogP) is 5.25. The topological polar surface area (TPSA) is 64.9 Å². The van der Waals surface area contributed by atoms with Gasteiger partial charge in [0.2, 0.25) is 0 Å². The minimum Gasteiger partial charge on any atom is -0.356 e. The molecular weight excluding hydrogens is 360 g/mol. The second-order valence-corrected chi connectivity index (χ2v) is 5.86. The molecule has 138 valence electrons. The first-order valence-corrected chi connectivity index (χ1v) is 8.35. The first-order chi connectivity index (χ1) is 13.5. The van der Waals surface area contributed by atoms with E-state index in [9.17, 15) is 18.8 Å². The van der Waals surface area contributed by atoms with E-state index in [2.05, 4.69) is 10.6 Å². The number of halogens is 2. The summed E-state index contributed by atoms with van der Waals surface area (Å²) in [5.41, 5.74) is 2.01. The number of hydrogen-bond acceptors (Lipinski definition) is 3. The maximum atomic E-state index is 13.7. The van der Waals surface area contributed by atoms with Crippen molar-refractivity contribution in [3.8, 4) is 6.07 Å². The molecule has 3 aromatic rings. The second kappa shape index (κ2) is 8.60. The Hall–Kier alpha value is -3.98. The number of para-hydroxylation sites is 1. The standard InChI is InChI=1S/C22H15F2N3O/c23-17-8-11-21(20(24)13-17)27-22(28)16(14-25)12-15-6-9-19(10-7-15)26-18-4-2-1-3-5-18/h1-13,26H,(H,27,28)/b16-12+. The molecule has 28 heavy (non-hydrogen) atoms. The number of nitrogens with zero attached hydrogens (tertiary/aromatic N) is 1. The number of carbonyl (C=O) groups is 1. The normalized spacial score (nSPS) is 10.8. The molecule has 0 unspecified atom stereocenters. The van der Waals surface area contributed by atoms with Crippen molar-refractivity contribution in [2.24, 2.45) is 0 Å². The third-order valence-electron chi connectivity index (χ3n) is 3.83. The number of nitriles is 1. The molecule has 3 aromatic carbocycles. The summed E-state index contributed by atoms with van der Waals surface area (Å²) in [7, 11) is 0. The van der Waals surface area contributed by atoms with Crippen LogP contribution in [0, 0.1) is 23.0 Å². The molecule has 0 aromatic heterocycles. The summed E-state index contributed by atoms with van der Waals surface area (Å²) in [5, 5.41) is 14.7. The zero-order valence-corrected chi connectivity index (χ0v) is 14.6. The average Bonchev–Trinajstić information content (AvgIpc) is 2.70. The summed E-state index contributed by atoms with van der Waals surface area (Å²) in [6.45, 7) is 0. The molecule has 3 rings (SSSR count). The molecule has 0 bridgehead atoms. The van der Waals surface area contributed by atoms with Crippen molar-refractivity contribution in [1.29, 1.82) is 5.26 Å². The van der Waals surface area contributed by atoms with Gasteiger partial charge in [0.05, 0.1) is 5.69 Å². The monoisotopic (exact) mass is 375 g/mol. The molecule has 0 saturated heterocycles. The van der Waals surface area contributed by atoms with Crippen molar-refractivity contribution >= 4 is 29.0 Å². The van der Waals surface area contributed by atoms with Gasteiger partial charge in [0.1, 0.15) is 23.3 Å². The molecule has 0 aliphatic carbocycles. The highest BCUT2D eigenvalue weighted by Crippen LogP contribution is 2.19. The van der Waals surface area contributed by atoms with Gasteiger partial charge in [0.15, 0.2) is 0 Å². The third-order valence-corrected chi connectivity index (χ3v) is 3.83. The van der Waals surface area contributed by atoms with Crippen molar-refractivity contribution in [1.82, 2.24) is 0 Å². The van der Waals surface area contributed by atoms with Gasteiger partial charge < -0.3 is 10.6 Å². The molecule has 0 radical (unpaired) electrons. The lowest BCUT2D eigenvalue weighted by Gasteiger charge is -2.07. The predicted molar refractivity (Wildman–Crippen MR) is 105 cm³/mol. The van der Waals surface area contributed by atoms with Gasteiger partial charge in [-0.3, -0.25) is 4.79 Å². The van der Waals surface area contributed by atoms with Gasteiger partial charge in [-0.1, -0.05) is 30.3 Å². The molecule has 2 N–H and O–H groups in total. The number of hydrogen-bond donors (Lipinski definition) is 2. The second-order valence-electron chi connectivity index (χ2n) is 5.86. The largest absolute Gasteiger partial charge is 0.356 e. The fourth-order valence-electron chi connectivity index (χ4n) is 2.45. The summed E-state index contributed by atoms with van der Waals surface area (Å²) in [4.78, 5) is 12.2. The molecular formula is C22H15F2N3O. The van der Waals surface area contributed by atoms with Crippen molar-refractivity contribution < 1.29 is 13.6 Å². The number of benzene rings is 3. The van der Waals surface area contributed by atoms with Crippen molar-refractivity contribution in [2.45, 2.75) is 0 Å². The highest BCUT2D eigenvalue weighted by molar-refractivity contribution is 6.09. The average molecular weight is 375 g/mol. The van der Waals surface area contributed by atoms with Crippen LogP contribution >= 0.6 is 0 Å². The zero-order chi connectivity index (χ0) is 19.9. The number of anilines is 3. The maximum absolute atomic E-state index is 13.7. The fourth-order valence-corrected chi connectivity index (χ4v) is 2.45. The minimum atomic E-state index is -0.915. The van der Waals surface area contributed by atoms with Gasteiger partial charge in [-0.15, -0.1) is 0 Å². The number of nitrogens with one attached hydrogen (secondary N) is 2.